The lowest BCUT2D eigenvalue weighted by molar-refractivity contribution is -0.144. The molecule has 0 aliphatic heterocycles. The van der Waals surface area contributed by atoms with Gasteiger partial charge in [0, 0.05) is 24.6 Å². The quantitative estimate of drug-likeness (QED) is 0.604. The number of amides is 2. The highest BCUT2D eigenvalue weighted by atomic mass is 79.9. The average Bonchev–Trinajstić information content (AvgIpc) is 2.49. The van der Waals surface area contributed by atoms with E-state index >= 15 is 0 Å². The minimum Gasteiger partial charge on any atom is -0.452 e. The summed E-state index contributed by atoms with van der Waals surface area (Å²) in [6, 6.07) is 7.37. The maximum atomic E-state index is 11.5. The topological polar surface area (TPSA) is 75.7 Å². The number of halogens is 1. The molecule has 1 rings (SSSR count). The average molecular weight is 369 g/mol. The molecule has 0 saturated heterocycles. The zero-order valence-corrected chi connectivity index (χ0v) is 13.9. The van der Waals surface area contributed by atoms with Crippen LogP contribution in [0, 0.1) is 0 Å². The number of ether oxygens (including phenoxy) is 1. The largest absolute Gasteiger partial charge is 0.452 e. The SMILES string of the molecule is CN(C)C(=O)CNC(=O)COC(=O)/C=C/c1ccccc1Br. The summed E-state index contributed by atoms with van der Waals surface area (Å²) >= 11 is 3.35. The molecule has 22 heavy (non-hydrogen) atoms. The van der Waals surface area contributed by atoms with E-state index in [1.54, 1.807) is 20.2 Å². The van der Waals surface area contributed by atoms with Crippen LogP contribution in [0.2, 0.25) is 0 Å². The number of rotatable bonds is 6. The fourth-order valence-corrected chi connectivity index (χ4v) is 1.75. The van der Waals surface area contributed by atoms with Crippen LogP contribution in [0.5, 0.6) is 0 Å². The van der Waals surface area contributed by atoms with E-state index in [4.69, 9.17) is 4.74 Å². The summed E-state index contributed by atoms with van der Waals surface area (Å²) in [4.78, 5) is 35.5. The van der Waals surface area contributed by atoms with Crippen LogP contribution in [0.3, 0.4) is 0 Å². The van der Waals surface area contributed by atoms with Crippen molar-refractivity contribution in [3.63, 3.8) is 0 Å². The lowest BCUT2D eigenvalue weighted by Gasteiger charge is -2.10. The summed E-state index contributed by atoms with van der Waals surface area (Å²) in [5, 5.41) is 2.36. The first-order valence-corrected chi connectivity index (χ1v) is 7.25. The first-order chi connectivity index (χ1) is 10.4. The Kier molecular flexibility index (Phi) is 7.31. The summed E-state index contributed by atoms with van der Waals surface area (Å²) in [7, 11) is 3.17. The normalized spacial score (nSPS) is 10.3. The van der Waals surface area contributed by atoms with Crippen molar-refractivity contribution in [3.05, 3.63) is 40.4 Å². The van der Waals surface area contributed by atoms with Crippen LogP contribution < -0.4 is 5.32 Å². The summed E-state index contributed by atoms with van der Waals surface area (Å²) < 4.78 is 5.63. The minimum absolute atomic E-state index is 0.129. The van der Waals surface area contributed by atoms with Gasteiger partial charge >= 0.3 is 5.97 Å². The standard InChI is InChI=1S/C15H17BrN2O4/c1-18(2)14(20)9-17-13(19)10-22-15(21)8-7-11-5-3-4-6-12(11)16/h3-8H,9-10H2,1-2H3,(H,17,19)/b8-7+. The first-order valence-electron chi connectivity index (χ1n) is 6.46. The van der Waals surface area contributed by atoms with Crippen molar-refractivity contribution in [1.29, 1.82) is 0 Å². The molecule has 0 spiro atoms. The van der Waals surface area contributed by atoms with Crippen LogP contribution >= 0.6 is 15.9 Å². The second kappa shape index (κ2) is 8.99. The maximum absolute atomic E-state index is 11.5. The van der Waals surface area contributed by atoms with Gasteiger partial charge in [-0.05, 0) is 17.7 Å². The van der Waals surface area contributed by atoms with Crippen LogP contribution in [0.25, 0.3) is 6.08 Å². The van der Waals surface area contributed by atoms with E-state index in [-0.39, 0.29) is 12.5 Å². The van der Waals surface area contributed by atoms with Crippen molar-refractivity contribution < 1.29 is 19.1 Å². The molecule has 0 aliphatic carbocycles. The van der Waals surface area contributed by atoms with E-state index in [0.29, 0.717) is 0 Å². The Hall–Kier alpha value is -2.15. The fraction of sp³-hybridized carbons (Fsp3) is 0.267. The van der Waals surface area contributed by atoms with Crippen LogP contribution in [0.15, 0.2) is 34.8 Å². The van der Waals surface area contributed by atoms with Crippen LogP contribution in [-0.4, -0.2) is 49.9 Å². The Morgan fingerprint density at radius 2 is 1.95 bits per heavy atom. The number of benzene rings is 1. The second-order valence-corrected chi connectivity index (χ2v) is 5.38. The molecular weight excluding hydrogens is 352 g/mol. The lowest BCUT2D eigenvalue weighted by atomic mass is 10.2. The Morgan fingerprint density at radius 3 is 2.59 bits per heavy atom. The summed E-state index contributed by atoms with van der Waals surface area (Å²) in [5.41, 5.74) is 0.820. The third-order valence-corrected chi connectivity index (χ3v) is 3.31. The highest BCUT2D eigenvalue weighted by molar-refractivity contribution is 9.10. The predicted octanol–water partition coefficient (Wildman–Crippen LogP) is 1.21. The second-order valence-electron chi connectivity index (χ2n) is 4.53. The van der Waals surface area contributed by atoms with E-state index in [1.165, 1.54) is 11.0 Å². The molecule has 0 aromatic heterocycles. The smallest absolute Gasteiger partial charge is 0.331 e. The molecule has 0 aliphatic rings. The van der Waals surface area contributed by atoms with Gasteiger partial charge < -0.3 is 15.0 Å². The molecular formula is C15H17BrN2O4. The monoisotopic (exact) mass is 368 g/mol. The van der Waals surface area contributed by atoms with Gasteiger partial charge in [0.15, 0.2) is 6.61 Å². The molecule has 0 bridgehead atoms. The molecule has 6 nitrogen and oxygen atoms in total. The van der Waals surface area contributed by atoms with Crippen molar-refractivity contribution in [2.24, 2.45) is 0 Å². The summed E-state index contributed by atoms with van der Waals surface area (Å²) in [5.74, 6) is -1.41. The molecule has 0 heterocycles. The zero-order chi connectivity index (χ0) is 16.5. The van der Waals surface area contributed by atoms with E-state index in [9.17, 15) is 14.4 Å². The number of carbonyl (C=O) groups is 3. The fourth-order valence-electron chi connectivity index (χ4n) is 1.34. The van der Waals surface area contributed by atoms with Crippen molar-refractivity contribution in [2.45, 2.75) is 0 Å². The van der Waals surface area contributed by atoms with Crippen LogP contribution in [0.1, 0.15) is 5.56 Å². The Morgan fingerprint density at radius 1 is 1.27 bits per heavy atom. The van der Waals surface area contributed by atoms with Gasteiger partial charge in [-0.2, -0.15) is 0 Å². The van der Waals surface area contributed by atoms with Gasteiger partial charge in [0.25, 0.3) is 5.91 Å². The van der Waals surface area contributed by atoms with E-state index in [0.717, 1.165) is 10.0 Å². The molecule has 0 radical (unpaired) electrons. The van der Waals surface area contributed by atoms with Gasteiger partial charge in [-0.3, -0.25) is 9.59 Å². The van der Waals surface area contributed by atoms with E-state index < -0.39 is 18.5 Å². The molecule has 0 fully saturated rings. The van der Waals surface area contributed by atoms with Crippen molar-refractivity contribution in [1.82, 2.24) is 10.2 Å². The highest BCUT2D eigenvalue weighted by Crippen LogP contribution is 2.16. The molecule has 1 N–H and O–H groups in total. The third-order valence-electron chi connectivity index (χ3n) is 2.59. The molecule has 7 heteroatoms. The molecule has 1 aromatic carbocycles. The number of hydrogen-bond acceptors (Lipinski definition) is 4. The van der Waals surface area contributed by atoms with Gasteiger partial charge in [-0.15, -0.1) is 0 Å². The summed E-state index contributed by atoms with van der Waals surface area (Å²) in [6.45, 7) is -0.559. The number of likely N-dealkylation sites (N-methyl/N-ethyl adjacent to an activating group) is 1. The molecule has 2 amide bonds. The Labute approximate surface area is 137 Å². The van der Waals surface area contributed by atoms with E-state index in [2.05, 4.69) is 21.2 Å². The first kappa shape index (κ1) is 17.9. The zero-order valence-electron chi connectivity index (χ0n) is 12.3. The number of nitrogens with zero attached hydrogens (tertiary/aromatic N) is 1. The van der Waals surface area contributed by atoms with Gasteiger partial charge in [0.2, 0.25) is 5.91 Å². The molecule has 0 saturated carbocycles. The molecule has 0 unspecified atom stereocenters. The van der Waals surface area contributed by atoms with Gasteiger partial charge in [-0.25, -0.2) is 4.79 Å². The molecule has 1 aromatic rings. The van der Waals surface area contributed by atoms with Crippen LogP contribution in [0.4, 0.5) is 0 Å². The van der Waals surface area contributed by atoms with Gasteiger partial charge in [0.05, 0.1) is 6.54 Å². The number of esters is 1. The Balaban J connectivity index is 2.35. The van der Waals surface area contributed by atoms with Crippen LogP contribution in [-0.2, 0) is 19.1 Å². The molecule has 0 atom stereocenters. The van der Waals surface area contributed by atoms with Crippen molar-refractivity contribution in [3.8, 4) is 0 Å². The number of carbonyl (C=O) groups excluding carboxylic acids is 3. The summed E-state index contributed by atoms with van der Waals surface area (Å²) in [6.07, 6.45) is 2.82. The maximum Gasteiger partial charge on any atom is 0.331 e. The van der Waals surface area contributed by atoms with Crippen molar-refractivity contribution in [2.75, 3.05) is 27.2 Å². The van der Waals surface area contributed by atoms with E-state index in [1.807, 2.05) is 24.3 Å². The Bertz CT molecular complexity index is 585. The number of nitrogens with one attached hydrogen (secondary N) is 1. The lowest BCUT2D eigenvalue weighted by Crippen LogP contribution is -2.38. The number of hydrogen-bond donors (Lipinski definition) is 1. The predicted molar refractivity (Wildman–Crippen MR) is 85.8 cm³/mol. The van der Waals surface area contributed by atoms with Crippen molar-refractivity contribution >= 4 is 39.8 Å². The van der Waals surface area contributed by atoms with Gasteiger partial charge in [0.1, 0.15) is 0 Å². The minimum atomic E-state index is -0.634. The van der Waals surface area contributed by atoms with Gasteiger partial charge in [-0.1, -0.05) is 34.1 Å². The highest BCUT2D eigenvalue weighted by Gasteiger charge is 2.08. The molecule has 118 valence electrons. The third kappa shape index (κ3) is 6.53.